The Bertz CT molecular complexity index is 699. The summed E-state index contributed by atoms with van der Waals surface area (Å²) in [6.45, 7) is -3.08. The third-order valence-electron chi connectivity index (χ3n) is 5.66. The van der Waals surface area contributed by atoms with Crippen molar-refractivity contribution in [2.45, 2.75) is 44.8 Å². The van der Waals surface area contributed by atoms with E-state index in [0.29, 0.717) is 24.7 Å². The molecule has 2 aliphatic carbocycles. The van der Waals surface area contributed by atoms with Crippen LogP contribution < -0.4 is 15.8 Å². The van der Waals surface area contributed by atoms with Gasteiger partial charge in [-0.15, -0.1) is 0 Å². The van der Waals surface area contributed by atoms with Gasteiger partial charge in [0.1, 0.15) is 5.75 Å². The number of fused-ring (bicyclic) bond motifs is 2. The minimum absolute atomic E-state index is 0.0596. The van der Waals surface area contributed by atoms with E-state index < -0.39 is 12.6 Å². The number of halogens is 2. The maximum Gasteiger partial charge on any atom is 0.387 e. The number of amides is 1. The van der Waals surface area contributed by atoms with Gasteiger partial charge in [0.15, 0.2) is 0 Å². The number of alkyl halides is 2. The van der Waals surface area contributed by atoms with Crippen LogP contribution in [0.1, 0.15) is 42.5 Å². The van der Waals surface area contributed by atoms with Crippen LogP contribution in [-0.2, 0) is 9.53 Å². The fraction of sp³-hybridized carbons (Fsp3) is 0.579. The van der Waals surface area contributed by atoms with E-state index in [0.717, 1.165) is 25.3 Å². The van der Waals surface area contributed by atoms with Gasteiger partial charge in [0.2, 0.25) is 5.91 Å². The smallest absolute Gasteiger partial charge is 0.387 e. The molecule has 1 aromatic carbocycles. The summed E-state index contributed by atoms with van der Waals surface area (Å²) in [7, 11) is 1.19. The van der Waals surface area contributed by atoms with Crippen molar-refractivity contribution in [1.82, 2.24) is 0 Å². The number of esters is 1. The normalized spacial score (nSPS) is 27.1. The Morgan fingerprint density at radius 3 is 2.48 bits per heavy atom. The minimum atomic E-state index is -3.08. The van der Waals surface area contributed by atoms with E-state index in [4.69, 9.17) is 5.73 Å². The molecule has 148 valence electrons. The van der Waals surface area contributed by atoms with E-state index >= 15 is 0 Å². The summed E-state index contributed by atoms with van der Waals surface area (Å²) >= 11 is 0. The molecular weight excluding hydrogens is 358 g/mol. The average molecular weight is 382 g/mol. The fourth-order valence-corrected chi connectivity index (χ4v) is 4.30. The van der Waals surface area contributed by atoms with Crippen LogP contribution in [0.15, 0.2) is 18.2 Å². The second-order valence-electron chi connectivity index (χ2n) is 7.27. The molecule has 2 fully saturated rings. The van der Waals surface area contributed by atoms with Crippen molar-refractivity contribution in [1.29, 1.82) is 0 Å². The molecule has 2 atom stereocenters. The van der Waals surface area contributed by atoms with E-state index in [1.807, 2.05) is 0 Å². The quantitative estimate of drug-likeness (QED) is 0.764. The summed E-state index contributed by atoms with van der Waals surface area (Å²) in [5.74, 6) is -0.739. The molecule has 0 aliphatic heterocycles. The second-order valence-corrected chi connectivity index (χ2v) is 7.27. The van der Waals surface area contributed by atoms with E-state index in [9.17, 15) is 18.4 Å². The topological polar surface area (TPSA) is 90.7 Å². The monoisotopic (exact) mass is 382 g/mol. The van der Waals surface area contributed by atoms with Crippen LogP contribution >= 0.6 is 0 Å². The number of benzene rings is 1. The van der Waals surface area contributed by atoms with E-state index in [2.05, 4.69) is 14.8 Å². The number of hydrogen-bond acceptors (Lipinski definition) is 5. The lowest BCUT2D eigenvalue weighted by Crippen LogP contribution is -2.48. The van der Waals surface area contributed by atoms with Gasteiger partial charge in [-0.3, -0.25) is 4.79 Å². The van der Waals surface area contributed by atoms with Gasteiger partial charge in [-0.05, 0) is 55.7 Å². The molecule has 0 aromatic heterocycles. The molecule has 27 heavy (non-hydrogen) atoms. The zero-order valence-electron chi connectivity index (χ0n) is 15.1. The number of ether oxygens (including phenoxy) is 2. The Morgan fingerprint density at radius 2 is 1.89 bits per heavy atom. The van der Waals surface area contributed by atoms with Crippen LogP contribution in [0.5, 0.6) is 5.75 Å². The first kappa shape index (κ1) is 19.5. The predicted octanol–water partition coefficient (Wildman–Crippen LogP) is 3.17. The summed E-state index contributed by atoms with van der Waals surface area (Å²) in [5, 5.41) is 2.68. The molecule has 2 aliphatic rings. The van der Waals surface area contributed by atoms with Gasteiger partial charge in [0.25, 0.3) is 0 Å². The highest BCUT2D eigenvalue weighted by Crippen LogP contribution is 2.42. The van der Waals surface area contributed by atoms with Crippen molar-refractivity contribution in [3.05, 3.63) is 23.8 Å². The lowest BCUT2D eigenvalue weighted by molar-refractivity contribution is -0.122. The molecule has 2 unspecified atom stereocenters. The number of carbonyl (C=O) groups is 2. The van der Waals surface area contributed by atoms with Gasteiger partial charge in [-0.1, -0.05) is 6.42 Å². The van der Waals surface area contributed by atoms with E-state index in [-0.39, 0.29) is 34.9 Å². The van der Waals surface area contributed by atoms with Gasteiger partial charge in [-0.2, -0.15) is 8.78 Å². The van der Waals surface area contributed by atoms with E-state index in [1.165, 1.54) is 19.2 Å². The maximum absolute atomic E-state index is 12.7. The molecule has 0 saturated heterocycles. The number of nitrogens with two attached hydrogens (primary N) is 1. The first-order chi connectivity index (χ1) is 12.9. The number of carbonyl (C=O) groups excluding carboxylic acids is 2. The largest absolute Gasteiger partial charge is 0.465 e. The Hall–Kier alpha value is -2.22. The van der Waals surface area contributed by atoms with Crippen molar-refractivity contribution >= 4 is 17.6 Å². The SMILES string of the molecule is COC(=O)c1ccc(NC(=O)C2CC3CCCC(C2)C3N)c(OC(F)F)c1. The van der Waals surface area contributed by atoms with Crippen LogP contribution in [0.2, 0.25) is 0 Å². The fourth-order valence-electron chi connectivity index (χ4n) is 4.30. The van der Waals surface area contributed by atoms with Gasteiger partial charge in [0.05, 0.1) is 18.4 Å². The zero-order chi connectivity index (χ0) is 19.6. The Balaban J connectivity index is 1.75. The first-order valence-corrected chi connectivity index (χ1v) is 9.12. The van der Waals surface area contributed by atoms with Crippen LogP contribution in [-0.4, -0.2) is 31.6 Å². The summed E-state index contributed by atoms with van der Waals surface area (Å²) < 4.78 is 34.6. The number of methoxy groups -OCH3 is 1. The predicted molar refractivity (Wildman–Crippen MR) is 94.6 cm³/mol. The van der Waals surface area contributed by atoms with Crippen molar-refractivity contribution in [3.63, 3.8) is 0 Å². The van der Waals surface area contributed by atoms with Crippen molar-refractivity contribution in [2.24, 2.45) is 23.5 Å². The Morgan fingerprint density at radius 1 is 1.22 bits per heavy atom. The van der Waals surface area contributed by atoms with Crippen LogP contribution in [0.3, 0.4) is 0 Å². The second kappa shape index (κ2) is 8.21. The van der Waals surface area contributed by atoms with Gasteiger partial charge in [-0.25, -0.2) is 4.79 Å². The lowest BCUT2D eigenvalue weighted by Gasteiger charge is -2.43. The highest BCUT2D eigenvalue weighted by atomic mass is 19.3. The number of hydrogen-bond donors (Lipinski definition) is 2. The third-order valence-corrected chi connectivity index (χ3v) is 5.66. The molecule has 8 heteroatoms. The molecular formula is C19H24F2N2O4. The zero-order valence-corrected chi connectivity index (χ0v) is 15.1. The van der Waals surface area contributed by atoms with Crippen LogP contribution in [0.25, 0.3) is 0 Å². The van der Waals surface area contributed by atoms with E-state index in [1.54, 1.807) is 0 Å². The Kier molecular flexibility index (Phi) is 5.94. The summed E-state index contributed by atoms with van der Waals surface area (Å²) in [4.78, 5) is 24.3. The van der Waals surface area contributed by atoms with Gasteiger partial charge in [0, 0.05) is 12.0 Å². The Labute approximate surface area is 156 Å². The highest BCUT2D eigenvalue weighted by molar-refractivity contribution is 5.96. The number of nitrogens with one attached hydrogen (secondary N) is 1. The maximum atomic E-state index is 12.7. The number of rotatable bonds is 5. The summed E-state index contributed by atoms with van der Waals surface area (Å²) in [6.07, 6.45) is 4.59. The molecule has 0 radical (unpaired) electrons. The van der Waals surface area contributed by atoms with Crippen LogP contribution in [0, 0.1) is 17.8 Å². The van der Waals surface area contributed by atoms with Crippen LogP contribution in [0.4, 0.5) is 14.5 Å². The molecule has 0 heterocycles. The van der Waals surface area contributed by atoms with Crippen molar-refractivity contribution < 1.29 is 27.8 Å². The van der Waals surface area contributed by atoms with Crippen molar-refractivity contribution in [3.8, 4) is 5.75 Å². The molecule has 6 nitrogen and oxygen atoms in total. The molecule has 0 spiro atoms. The molecule has 2 saturated carbocycles. The number of anilines is 1. The van der Waals surface area contributed by atoms with Crippen molar-refractivity contribution in [2.75, 3.05) is 12.4 Å². The molecule has 3 N–H and O–H groups in total. The molecule has 1 amide bonds. The lowest BCUT2D eigenvalue weighted by atomic mass is 9.65. The standard InChI is InChI=1S/C19H24F2N2O4/c1-26-18(25)12-5-6-14(15(9-12)27-19(20)21)23-17(24)13-7-10-3-2-4-11(8-13)16(10)22/h5-6,9-11,13,16,19H,2-4,7-8,22H2,1H3,(H,23,24). The van der Waals surface area contributed by atoms with Gasteiger partial charge >= 0.3 is 12.6 Å². The highest BCUT2D eigenvalue weighted by Gasteiger charge is 2.40. The molecule has 3 rings (SSSR count). The van der Waals surface area contributed by atoms with Gasteiger partial charge < -0.3 is 20.5 Å². The average Bonchev–Trinajstić information content (AvgIpc) is 2.61. The minimum Gasteiger partial charge on any atom is -0.465 e. The first-order valence-electron chi connectivity index (χ1n) is 9.12. The summed E-state index contributed by atoms with van der Waals surface area (Å²) in [5.41, 5.74) is 6.42. The molecule has 2 bridgehead atoms. The summed E-state index contributed by atoms with van der Waals surface area (Å²) in [6, 6.07) is 4.04. The third kappa shape index (κ3) is 4.37. The molecule has 1 aromatic rings.